The predicted molar refractivity (Wildman–Crippen MR) is 147 cm³/mol. The van der Waals surface area contributed by atoms with Crippen LogP contribution in [0, 0.1) is 0 Å². The van der Waals surface area contributed by atoms with Gasteiger partial charge in [0.1, 0.15) is 36.3 Å². The lowest BCUT2D eigenvalue weighted by Gasteiger charge is -2.26. The summed E-state index contributed by atoms with van der Waals surface area (Å²) in [5.74, 6) is -0.205. The summed E-state index contributed by atoms with van der Waals surface area (Å²) in [4.78, 5) is 34.4. The van der Waals surface area contributed by atoms with Crippen molar-refractivity contribution in [1.82, 2.24) is 39.0 Å². The molecule has 3 aliphatic rings. The second-order valence-electron chi connectivity index (χ2n) is 9.86. The highest BCUT2D eigenvalue weighted by Crippen LogP contribution is 2.57. The number of fused-ring (bicyclic) bond motifs is 4. The van der Waals surface area contributed by atoms with E-state index in [1.54, 1.807) is 0 Å². The third kappa shape index (κ3) is 5.09. The molecule has 44 heavy (non-hydrogen) atoms. The summed E-state index contributed by atoms with van der Waals surface area (Å²) >= 11 is 3.97. The quantitative estimate of drug-likeness (QED) is 0.169. The van der Waals surface area contributed by atoms with Crippen molar-refractivity contribution < 1.29 is 45.5 Å². The number of nitrogens with two attached hydrogens (primary N) is 2. The number of nitrogen functional groups attached to an aromatic ring is 2. The molecule has 0 aliphatic carbocycles. The number of aromatic nitrogens is 8. The Morgan fingerprint density at radius 1 is 0.977 bits per heavy atom. The van der Waals surface area contributed by atoms with E-state index in [1.165, 1.54) is 10.9 Å². The van der Waals surface area contributed by atoms with Crippen molar-refractivity contribution in [1.29, 1.82) is 0 Å². The molecule has 3 unspecified atom stereocenters. The molecule has 236 valence electrons. The molecule has 0 aromatic carbocycles. The number of nitrogens with zero attached hydrogens (tertiary/aromatic N) is 7. The van der Waals surface area contributed by atoms with E-state index in [2.05, 4.69) is 42.2 Å². The van der Waals surface area contributed by atoms with Gasteiger partial charge < -0.3 is 30.0 Å². The first-order valence-electron chi connectivity index (χ1n) is 12.7. The number of hydrogen-bond donors (Lipinski definition) is 4. The maximum absolute atomic E-state index is 15.9. The van der Waals surface area contributed by atoms with Crippen LogP contribution in [0.4, 0.5) is 20.5 Å². The van der Waals surface area contributed by atoms with Crippen LogP contribution < -0.4 is 17.0 Å². The van der Waals surface area contributed by atoms with E-state index >= 15 is 8.78 Å². The SMILES string of the molecule is Nc1nc2c(ncn2[C@@H]2OC3CO[PH](=O)O[C@@H]4C(CO[P@](=O)(S)O[C@H]3[C@H]2F)O[C@@H](n2cnc3c(N)ncnc32)[C@@H]4F)c(=O)[nH]1. The summed E-state index contributed by atoms with van der Waals surface area (Å²) in [5, 5.41) is 0. The Bertz CT molecular complexity index is 1880. The van der Waals surface area contributed by atoms with E-state index < -0.39 is 83.0 Å². The predicted octanol–water partition coefficient (Wildman–Crippen LogP) is 0.840. The zero-order chi connectivity index (χ0) is 30.9. The number of thiol groups is 1. The number of imidazole rings is 2. The van der Waals surface area contributed by atoms with Crippen LogP contribution in [-0.2, 0) is 36.7 Å². The summed E-state index contributed by atoms with van der Waals surface area (Å²) in [6.07, 6.45) is -9.40. The van der Waals surface area contributed by atoms with Gasteiger partial charge in [-0.3, -0.25) is 32.5 Å². The Hall–Kier alpha value is -3.07. The van der Waals surface area contributed by atoms with Gasteiger partial charge in [0.05, 0.1) is 25.9 Å². The molecule has 4 aromatic rings. The van der Waals surface area contributed by atoms with E-state index in [1.807, 2.05) is 0 Å². The molecule has 3 aliphatic heterocycles. The van der Waals surface area contributed by atoms with Crippen LogP contribution in [0.5, 0.6) is 0 Å². The largest absolute Gasteiger partial charge is 0.386 e. The highest BCUT2D eigenvalue weighted by Gasteiger charge is 2.53. The van der Waals surface area contributed by atoms with Gasteiger partial charge in [0.2, 0.25) is 5.95 Å². The van der Waals surface area contributed by atoms with Gasteiger partial charge in [-0.15, -0.1) is 0 Å². The molecule has 0 radical (unpaired) electrons. The molecule has 7 heterocycles. The Kier molecular flexibility index (Phi) is 7.46. The number of hydrogen-bond acceptors (Lipinski definition) is 16. The maximum Gasteiger partial charge on any atom is 0.386 e. The van der Waals surface area contributed by atoms with Crippen LogP contribution >= 0.6 is 27.3 Å². The van der Waals surface area contributed by atoms with Crippen LogP contribution in [0.25, 0.3) is 22.3 Å². The fourth-order valence-electron chi connectivity index (χ4n) is 5.20. The van der Waals surface area contributed by atoms with Gasteiger partial charge in [-0.05, 0) is 0 Å². The van der Waals surface area contributed by atoms with Gasteiger partial charge in [0.25, 0.3) is 5.56 Å². The number of aromatic amines is 1. The minimum absolute atomic E-state index is 0.0521. The van der Waals surface area contributed by atoms with Gasteiger partial charge in [0.15, 0.2) is 47.4 Å². The molecule has 3 saturated heterocycles. The van der Waals surface area contributed by atoms with Crippen molar-refractivity contribution in [2.45, 2.75) is 49.2 Å². The summed E-state index contributed by atoms with van der Waals surface area (Å²) in [6, 6.07) is 0. The van der Waals surface area contributed by atoms with E-state index in [9.17, 15) is 13.9 Å². The second-order valence-corrected chi connectivity index (χ2v) is 13.8. The minimum Gasteiger partial charge on any atom is -0.382 e. The van der Waals surface area contributed by atoms with Crippen LogP contribution in [0.1, 0.15) is 12.5 Å². The lowest BCUT2D eigenvalue weighted by molar-refractivity contribution is -0.0539. The van der Waals surface area contributed by atoms with E-state index in [-0.39, 0.29) is 34.1 Å². The van der Waals surface area contributed by atoms with Crippen molar-refractivity contribution >= 4 is 61.4 Å². The fourth-order valence-corrected chi connectivity index (χ4v) is 7.56. The van der Waals surface area contributed by atoms with Crippen LogP contribution in [-0.4, -0.2) is 89.0 Å². The molecular weight excluding hydrogens is 656 g/mol. The van der Waals surface area contributed by atoms with Gasteiger partial charge in [0, 0.05) is 0 Å². The number of alkyl halides is 2. The third-order valence-electron chi connectivity index (χ3n) is 7.17. The Morgan fingerprint density at radius 3 is 2.39 bits per heavy atom. The molecule has 3 fully saturated rings. The first-order chi connectivity index (χ1) is 21.0. The second kappa shape index (κ2) is 11.1. The standard InChI is InChI=1S/C20H22F2N10O9P2S/c21-8-12-7(39-18(8)31-4-27-10-14(23)25-3-26-15(10)31)2-37-43(35,44)41-13-6(1-36-42(34)40-12)38-19(9(13)22)32-5-28-11-16(32)29-20(24)30-17(11)33/h3-9,12-13,18-19,42H,1-2H2,(H,35,44)(H2,23,25,26)(H3,24,29,30,33)/t6?,7?,8-,9-,12-,13-,18-,19-,43+/m1/s1. The van der Waals surface area contributed by atoms with Gasteiger partial charge in [-0.1, -0.05) is 12.2 Å². The Morgan fingerprint density at radius 2 is 1.64 bits per heavy atom. The van der Waals surface area contributed by atoms with Crippen molar-refractivity contribution in [3.8, 4) is 0 Å². The van der Waals surface area contributed by atoms with Crippen LogP contribution in [0.15, 0.2) is 23.8 Å². The van der Waals surface area contributed by atoms with E-state index in [4.69, 9.17) is 39.0 Å². The molecule has 24 heteroatoms. The Labute approximate surface area is 249 Å². The summed E-state index contributed by atoms with van der Waals surface area (Å²) in [6.45, 7) is -5.66. The topological polar surface area (TPSA) is 249 Å². The summed E-state index contributed by atoms with van der Waals surface area (Å²) < 4.78 is 93.3. The molecule has 0 bridgehead atoms. The molecule has 5 N–H and O–H groups in total. The smallest absolute Gasteiger partial charge is 0.382 e. The van der Waals surface area contributed by atoms with Gasteiger partial charge in [-0.2, -0.15) is 4.98 Å². The summed E-state index contributed by atoms with van der Waals surface area (Å²) in [5.41, 5.74) is 10.9. The van der Waals surface area contributed by atoms with Gasteiger partial charge in [-0.25, -0.2) is 33.3 Å². The Balaban J connectivity index is 1.15. The summed E-state index contributed by atoms with van der Waals surface area (Å²) in [7, 11) is -3.48. The molecule has 0 saturated carbocycles. The molecule has 0 amide bonds. The van der Waals surface area contributed by atoms with Crippen molar-refractivity contribution in [2.75, 3.05) is 24.7 Å². The van der Waals surface area contributed by atoms with Crippen molar-refractivity contribution in [2.24, 2.45) is 0 Å². The molecule has 19 nitrogen and oxygen atoms in total. The molecule has 10 atom stereocenters. The number of halogens is 2. The zero-order valence-corrected chi connectivity index (χ0v) is 24.7. The number of ether oxygens (including phenoxy) is 2. The van der Waals surface area contributed by atoms with Crippen molar-refractivity contribution in [3.05, 3.63) is 29.3 Å². The van der Waals surface area contributed by atoms with Gasteiger partial charge >= 0.3 is 15.1 Å². The lowest BCUT2D eigenvalue weighted by Crippen LogP contribution is -2.36. The monoisotopic (exact) mass is 678 g/mol. The third-order valence-corrected chi connectivity index (χ3v) is 9.66. The van der Waals surface area contributed by atoms with Crippen molar-refractivity contribution in [3.63, 3.8) is 0 Å². The van der Waals surface area contributed by atoms with E-state index in [0.717, 1.165) is 17.2 Å². The fraction of sp³-hybridized carbons (Fsp3) is 0.500. The highest BCUT2D eigenvalue weighted by atomic mass is 32.7. The lowest BCUT2D eigenvalue weighted by atomic mass is 10.1. The van der Waals surface area contributed by atoms with E-state index in [0.29, 0.717) is 0 Å². The highest BCUT2D eigenvalue weighted by molar-refractivity contribution is 8.44. The first-order valence-corrected chi connectivity index (χ1v) is 16.7. The van der Waals surface area contributed by atoms with Crippen LogP contribution in [0.2, 0.25) is 0 Å². The van der Waals surface area contributed by atoms with Crippen LogP contribution in [0.3, 0.4) is 0 Å². The molecule has 0 spiro atoms. The average Bonchev–Trinajstić information content (AvgIpc) is 3.72. The number of rotatable bonds is 2. The number of anilines is 2. The normalized spacial score (nSPS) is 36.6. The zero-order valence-electron chi connectivity index (χ0n) is 21.9. The first kappa shape index (κ1) is 29.6. The maximum atomic E-state index is 15.9. The molecule has 7 rings (SSSR count). The average molecular weight is 678 g/mol. The molecule has 4 aromatic heterocycles. The number of nitrogens with one attached hydrogen (secondary N) is 1. The number of H-pyrrole nitrogens is 1. The minimum atomic E-state index is -4.40. The molecular formula is C20H22F2N10O9P2S.